The molecule has 8 nitrogen and oxygen atoms in total. The fourth-order valence-corrected chi connectivity index (χ4v) is 3.17. The average Bonchev–Trinajstić information content (AvgIpc) is 3.14. The molecule has 8 heteroatoms. The highest BCUT2D eigenvalue weighted by atomic mass is 16.7. The largest absolute Gasteiger partial charge is 0.427 e. The monoisotopic (exact) mass is 340 g/mol. The van der Waals surface area contributed by atoms with Crippen LogP contribution in [0, 0.1) is 0 Å². The van der Waals surface area contributed by atoms with E-state index < -0.39 is 24.8 Å². The van der Waals surface area contributed by atoms with Gasteiger partial charge in [0.1, 0.15) is 17.9 Å². The third kappa shape index (κ3) is 4.53. The molecule has 2 saturated heterocycles. The van der Waals surface area contributed by atoms with Gasteiger partial charge in [-0.15, -0.1) is 0 Å². The van der Waals surface area contributed by atoms with Crippen LogP contribution in [0.2, 0.25) is 0 Å². The highest BCUT2D eigenvalue weighted by Crippen LogP contribution is 2.20. The van der Waals surface area contributed by atoms with E-state index in [1.807, 2.05) is 11.9 Å². The summed E-state index contributed by atoms with van der Waals surface area (Å²) in [6, 6.07) is -0.992. The van der Waals surface area contributed by atoms with Gasteiger partial charge in [-0.05, 0) is 46.2 Å². The lowest BCUT2D eigenvalue weighted by molar-refractivity contribution is -0.174. The Balaban J connectivity index is 1.78. The second-order valence-electron chi connectivity index (χ2n) is 6.31. The lowest BCUT2D eigenvalue weighted by atomic mass is 10.2. The molecule has 2 atom stereocenters. The Labute approximate surface area is 141 Å². The SMILES string of the molecule is CC(=O)CC(=O)N1CCCC1C(=O)OCOC(=O)C1CCCN1C. The quantitative estimate of drug-likeness (QED) is 0.384. The molecule has 0 N–H and O–H groups in total. The van der Waals surface area contributed by atoms with Crippen molar-refractivity contribution in [3.8, 4) is 0 Å². The van der Waals surface area contributed by atoms with Crippen LogP contribution in [0.5, 0.6) is 0 Å². The second-order valence-corrected chi connectivity index (χ2v) is 6.31. The topological polar surface area (TPSA) is 93.2 Å². The molecule has 2 rings (SSSR count). The molecule has 2 heterocycles. The predicted octanol–water partition coefficient (Wildman–Crippen LogP) is 0.0946. The number of carbonyl (C=O) groups is 4. The molecule has 0 radical (unpaired) electrons. The van der Waals surface area contributed by atoms with Crippen molar-refractivity contribution in [2.75, 3.05) is 26.9 Å². The lowest BCUT2D eigenvalue weighted by Gasteiger charge is -2.23. The van der Waals surface area contributed by atoms with Crippen LogP contribution in [0.25, 0.3) is 0 Å². The molecule has 2 unspecified atom stereocenters. The molecule has 0 aromatic heterocycles. The summed E-state index contributed by atoms with van der Waals surface area (Å²) in [6.07, 6.45) is 2.62. The van der Waals surface area contributed by atoms with Crippen LogP contribution >= 0.6 is 0 Å². The number of likely N-dealkylation sites (N-methyl/N-ethyl adjacent to an activating group) is 1. The highest BCUT2D eigenvalue weighted by molar-refractivity contribution is 5.98. The first kappa shape index (κ1) is 18.4. The van der Waals surface area contributed by atoms with Crippen molar-refractivity contribution in [3.63, 3.8) is 0 Å². The molecule has 2 fully saturated rings. The minimum Gasteiger partial charge on any atom is -0.427 e. The molecule has 0 aliphatic carbocycles. The van der Waals surface area contributed by atoms with Crippen LogP contribution < -0.4 is 0 Å². The van der Waals surface area contributed by atoms with Gasteiger partial charge in [-0.2, -0.15) is 0 Å². The van der Waals surface area contributed by atoms with Crippen LogP contribution in [-0.4, -0.2) is 72.4 Å². The Morgan fingerprint density at radius 3 is 2.12 bits per heavy atom. The van der Waals surface area contributed by atoms with Gasteiger partial charge in [0.25, 0.3) is 0 Å². The fourth-order valence-electron chi connectivity index (χ4n) is 3.17. The van der Waals surface area contributed by atoms with Gasteiger partial charge >= 0.3 is 11.9 Å². The van der Waals surface area contributed by atoms with E-state index in [0.29, 0.717) is 19.4 Å². The number of esters is 2. The van der Waals surface area contributed by atoms with Crippen LogP contribution in [0.15, 0.2) is 0 Å². The summed E-state index contributed by atoms with van der Waals surface area (Å²) in [5, 5.41) is 0. The molecule has 0 aromatic rings. The van der Waals surface area contributed by atoms with Gasteiger partial charge in [-0.25, -0.2) is 4.79 Å². The minimum absolute atomic E-state index is 0.215. The first-order chi connectivity index (χ1) is 11.4. The van der Waals surface area contributed by atoms with E-state index in [-0.39, 0.29) is 24.2 Å². The van der Waals surface area contributed by atoms with Crippen molar-refractivity contribution >= 4 is 23.6 Å². The second kappa shape index (κ2) is 8.23. The molecule has 0 spiro atoms. The first-order valence-corrected chi connectivity index (χ1v) is 8.22. The predicted molar refractivity (Wildman–Crippen MR) is 82.7 cm³/mol. The first-order valence-electron chi connectivity index (χ1n) is 8.22. The Morgan fingerprint density at radius 1 is 0.958 bits per heavy atom. The number of ether oxygens (including phenoxy) is 2. The van der Waals surface area contributed by atoms with Gasteiger partial charge in [0, 0.05) is 6.54 Å². The Morgan fingerprint density at radius 2 is 1.54 bits per heavy atom. The molecule has 0 bridgehead atoms. The smallest absolute Gasteiger partial charge is 0.331 e. The van der Waals surface area contributed by atoms with Crippen molar-refractivity contribution in [1.29, 1.82) is 0 Å². The summed E-state index contributed by atoms with van der Waals surface area (Å²) in [4.78, 5) is 50.3. The van der Waals surface area contributed by atoms with E-state index in [1.54, 1.807) is 0 Å². The average molecular weight is 340 g/mol. The lowest BCUT2D eigenvalue weighted by Crippen LogP contribution is -2.42. The minimum atomic E-state index is -0.704. The van der Waals surface area contributed by atoms with Crippen LogP contribution in [0.1, 0.15) is 39.0 Å². The molecule has 2 aliphatic heterocycles. The van der Waals surface area contributed by atoms with Gasteiger partial charge in [0.2, 0.25) is 12.7 Å². The van der Waals surface area contributed by atoms with E-state index in [1.165, 1.54) is 11.8 Å². The summed E-state index contributed by atoms with van der Waals surface area (Å²) in [6.45, 7) is 2.15. The summed E-state index contributed by atoms with van der Waals surface area (Å²) in [5.41, 5.74) is 0. The molecule has 2 aliphatic rings. The maximum atomic E-state index is 12.1. The Bertz CT molecular complexity index is 521. The summed E-state index contributed by atoms with van der Waals surface area (Å²) in [7, 11) is 1.85. The van der Waals surface area contributed by atoms with Crippen LogP contribution in [-0.2, 0) is 28.7 Å². The van der Waals surface area contributed by atoms with Gasteiger partial charge in [0.15, 0.2) is 0 Å². The normalized spacial score (nSPS) is 24.0. The number of amides is 1. The van der Waals surface area contributed by atoms with Crippen LogP contribution in [0.3, 0.4) is 0 Å². The zero-order valence-corrected chi connectivity index (χ0v) is 14.2. The number of hydrogen-bond donors (Lipinski definition) is 0. The van der Waals surface area contributed by atoms with E-state index in [4.69, 9.17) is 9.47 Å². The molecular formula is C16H24N2O6. The van der Waals surface area contributed by atoms with Crippen molar-refractivity contribution < 1.29 is 28.7 Å². The third-order valence-electron chi connectivity index (χ3n) is 4.44. The number of hydrogen-bond acceptors (Lipinski definition) is 7. The maximum Gasteiger partial charge on any atom is 0.331 e. The van der Waals surface area contributed by atoms with Gasteiger partial charge in [-0.3, -0.25) is 19.3 Å². The molecule has 24 heavy (non-hydrogen) atoms. The summed E-state index contributed by atoms with van der Waals surface area (Å²) < 4.78 is 10.0. The van der Waals surface area contributed by atoms with E-state index >= 15 is 0 Å². The third-order valence-corrected chi connectivity index (χ3v) is 4.44. The number of Topliss-reactive ketones (excluding diaryl/α,β-unsaturated/α-hetero) is 1. The number of rotatable bonds is 6. The molecule has 0 aromatic carbocycles. The van der Waals surface area contributed by atoms with E-state index in [9.17, 15) is 19.2 Å². The van der Waals surface area contributed by atoms with Crippen molar-refractivity contribution in [2.45, 2.75) is 51.1 Å². The molecular weight excluding hydrogens is 316 g/mol. The van der Waals surface area contributed by atoms with Gasteiger partial charge in [0.05, 0.1) is 6.42 Å². The Kier molecular flexibility index (Phi) is 6.30. The van der Waals surface area contributed by atoms with E-state index in [0.717, 1.165) is 19.4 Å². The number of likely N-dealkylation sites (tertiary alicyclic amines) is 2. The van der Waals surface area contributed by atoms with Crippen molar-refractivity contribution in [2.24, 2.45) is 0 Å². The maximum absolute atomic E-state index is 12.1. The number of nitrogens with zero attached hydrogens (tertiary/aromatic N) is 2. The van der Waals surface area contributed by atoms with E-state index in [2.05, 4.69) is 0 Å². The highest BCUT2D eigenvalue weighted by Gasteiger charge is 2.36. The molecule has 1 amide bonds. The zero-order chi connectivity index (χ0) is 17.7. The van der Waals surface area contributed by atoms with Gasteiger partial charge < -0.3 is 14.4 Å². The van der Waals surface area contributed by atoms with Crippen molar-refractivity contribution in [3.05, 3.63) is 0 Å². The zero-order valence-electron chi connectivity index (χ0n) is 14.2. The summed E-state index contributed by atoms with van der Waals surface area (Å²) >= 11 is 0. The van der Waals surface area contributed by atoms with Gasteiger partial charge in [-0.1, -0.05) is 0 Å². The summed E-state index contributed by atoms with van der Waals surface area (Å²) in [5.74, 6) is -1.61. The Hall–Kier alpha value is -1.96. The molecule has 0 saturated carbocycles. The van der Waals surface area contributed by atoms with Crippen molar-refractivity contribution in [1.82, 2.24) is 9.80 Å². The molecule has 134 valence electrons. The van der Waals surface area contributed by atoms with Crippen LogP contribution in [0.4, 0.5) is 0 Å². The number of ketones is 1. The number of carbonyl (C=O) groups excluding carboxylic acids is 4. The standard InChI is InChI=1S/C16H24N2O6/c1-11(19)9-14(20)18-8-4-6-13(18)16(22)24-10-23-15(21)12-5-3-7-17(12)2/h12-13H,3-10H2,1-2H3. The fraction of sp³-hybridized carbons (Fsp3) is 0.750.